The molecule has 0 unspecified atom stereocenters. The summed E-state index contributed by atoms with van der Waals surface area (Å²) < 4.78 is 1.52. The lowest BCUT2D eigenvalue weighted by atomic mass is 10.4. The van der Waals surface area contributed by atoms with Crippen molar-refractivity contribution in [3.05, 3.63) is 16.7 Å². The smallest absolute Gasteiger partial charge is 0.184 e. The van der Waals surface area contributed by atoms with Crippen LogP contribution in [0, 0.1) is 13.8 Å². The van der Waals surface area contributed by atoms with Crippen molar-refractivity contribution in [2.45, 2.75) is 13.8 Å². The van der Waals surface area contributed by atoms with Gasteiger partial charge in [-0.3, -0.25) is 0 Å². The molecule has 0 saturated carbocycles. The third kappa shape index (κ3) is 0.721. The summed E-state index contributed by atoms with van der Waals surface area (Å²) in [5.74, 6) is 0.734. The SMILES string of the molecule is C=c1c(C)nn2nc(C)nc12. The zero-order valence-corrected chi connectivity index (χ0v) is 6.50. The molecule has 0 bridgehead atoms. The molecule has 0 amide bonds. The largest absolute Gasteiger partial charge is 0.210 e. The second-order valence-corrected chi connectivity index (χ2v) is 2.54. The van der Waals surface area contributed by atoms with Crippen molar-refractivity contribution in [3.8, 4) is 0 Å². The third-order valence-electron chi connectivity index (χ3n) is 1.65. The van der Waals surface area contributed by atoms with Crippen LogP contribution in [-0.2, 0) is 0 Å². The van der Waals surface area contributed by atoms with E-state index in [0.717, 1.165) is 22.4 Å². The molecule has 0 aliphatic carbocycles. The minimum atomic E-state index is 0.734. The van der Waals surface area contributed by atoms with Gasteiger partial charge in [0.15, 0.2) is 5.65 Å². The molecule has 0 aliphatic heterocycles. The van der Waals surface area contributed by atoms with E-state index in [2.05, 4.69) is 21.8 Å². The average Bonchev–Trinajstić information content (AvgIpc) is 2.37. The Kier molecular flexibility index (Phi) is 1.01. The van der Waals surface area contributed by atoms with Gasteiger partial charge in [-0.05, 0) is 13.8 Å². The van der Waals surface area contributed by atoms with E-state index in [1.165, 1.54) is 4.63 Å². The molecule has 0 spiro atoms. The van der Waals surface area contributed by atoms with E-state index in [-0.39, 0.29) is 0 Å². The summed E-state index contributed by atoms with van der Waals surface area (Å²) >= 11 is 0. The molecule has 0 aliphatic rings. The standard InChI is InChI=1S/C7H8N4/c1-4-5(2)9-11-7(4)8-6(3)10-11/h1H2,2-3H3. The van der Waals surface area contributed by atoms with Gasteiger partial charge < -0.3 is 0 Å². The number of fused-ring (bicyclic) bond motifs is 1. The lowest BCUT2D eigenvalue weighted by molar-refractivity contribution is 0.793. The van der Waals surface area contributed by atoms with Crippen molar-refractivity contribution in [2.24, 2.45) is 0 Å². The van der Waals surface area contributed by atoms with E-state index in [1.54, 1.807) is 0 Å². The zero-order valence-electron chi connectivity index (χ0n) is 6.50. The molecule has 0 aromatic carbocycles. The molecule has 0 radical (unpaired) electrons. The Bertz CT molecular complexity index is 442. The molecule has 4 heteroatoms. The van der Waals surface area contributed by atoms with E-state index >= 15 is 0 Å². The molecule has 2 rings (SSSR count). The van der Waals surface area contributed by atoms with E-state index in [9.17, 15) is 0 Å². The van der Waals surface area contributed by atoms with Gasteiger partial charge >= 0.3 is 0 Å². The quantitative estimate of drug-likeness (QED) is 0.522. The molecule has 4 nitrogen and oxygen atoms in total. The van der Waals surface area contributed by atoms with Gasteiger partial charge in [0.1, 0.15) is 5.82 Å². The van der Waals surface area contributed by atoms with E-state index < -0.39 is 0 Å². The Morgan fingerprint density at radius 2 is 2.00 bits per heavy atom. The average molecular weight is 148 g/mol. The first kappa shape index (κ1) is 6.27. The molecule has 56 valence electrons. The third-order valence-corrected chi connectivity index (χ3v) is 1.65. The van der Waals surface area contributed by atoms with Crippen LogP contribution in [0.1, 0.15) is 11.5 Å². The molecule has 11 heavy (non-hydrogen) atoms. The molecule has 2 aromatic rings. The van der Waals surface area contributed by atoms with Crippen molar-refractivity contribution < 1.29 is 0 Å². The Hall–Kier alpha value is -1.45. The van der Waals surface area contributed by atoms with E-state index in [1.807, 2.05) is 13.8 Å². The summed E-state index contributed by atoms with van der Waals surface area (Å²) in [5, 5.41) is 9.03. The van der Waals surface area contributed by atoms with Gasteiger partial charge in [-0.1, -0.05) is 6.58 Å². The van der Waals surface area contributed by atoms with E-state index in [0.29, 0.717) is 0 Å². The van der Waals surface area contributed by atoms with Gasteiger partial charge in [-0.25, -0.2) is 4.98 Å². The highest BCUT2D eigenvalue weighted by Gasteiger charge is 2.04. The van der Waals surface area contributed by atoms with Crippen molar-refractivity contribution in [3.63, 3.8) is 0 Å². The van der Waals surface area contributed by atoms with Crippen molar-refractivity contribution in [1.29, 1.82) is 0 Å². The van der Waals surface area contributed by atoms with Gasteiger partial charge in [0.05, 0.1) is 5.69 Å². The van der Waals surface area contributed by atoms with Gasteiger partial charge in [-0.15, -0.1) is 9.73 Å². The number of nitrogens with zero attached hydrogens (tertiary/aromatic N) is 4. The fourth-order valence-corrected chi connectivity index (χ4v) is 1.03. The first-order valence-corrected chi connectivity index (χ1v) is 3.37. The Morgan fingerprint density at radius 1 is 1.27 bits per heavy atom. The summed E-state index contributed by atoms with van der Waals surface area (Å²) in [6, 6.07) is 0. The van der Waals surface area contributed by atoms with E-state index in [4.69, 9.17) is 0 Å². The normalized spacial score (nSPS) is 11.1. The lowest BCUT2D eigenvalue weighted by Crippen LogP contribution is -1.98. The lowest BCUT2D eigenvalue weighted by Gasteiger charge is -1.75. The second-order valence-electron chi connectivity index (χ2n) is 2.54. The number of aryl methyl sites for hydroxylation is 2. The number of hydrogen-bond donors (Lipinski definition) is 0. The minimum absolute atomic E-state index is 0.734. The fourth-order valence-electron chi connectivity index (χ4n) is 1.03. The molecule has 0 N–H and O–H groups in total. The van der Waals surface area contributed by atoms with Crippen molar-refractivity contribution in [2.75, 3.05) is 0 Å². The minimum Gasteiger partial charge on any atom is -0.210 e. The second kappa shape index (κ2) is 1.78. The Balaban J connectivity index is 2.99. The van der Waals surface area contributed by atoms with Crippen LogP contribution in [0.5, 0.6) is 0 Å². The highest BCUT2D eigenvalue weighted by Crippen LogP contribution is 1.93. The molecule has 0 fully saturated rings. The Labute approximate surface area is 63.5 Å². The van der Waals surface area contributed by atoms with Gasteiger partial charge in [0.25, 0.3) is 0 Å². The molecular formula is C7H8N4. The fraction of sp³-hybridized carbons (Fsp3) is 0.286. The van der Waals surface area contributed by atoms with Crippen LogP contribution in [0.3, 0.4) is 0 Å². The predicted octanol–water partition coefficient (Wildman–Crippen LogP) is -0.130. The topological polar surface area (TPSA) is 43.1 Å². The van der Waals surface area contributed by atoms with Crippen LogP contribution in [0.4, 0.5) is 0 Å². The summed E-state index contributed by atoms with van der Waals surface area (Å²) in [5.41, 5.74) is 1.65. The summed E-state index contributed by atoms with van der Waals surface area (Å²) in [7, 11) is 0. The summed E-state index contributed by atoms with van der Waals surface area (Å²) in [6.07, 6.45) is 0. The molecule has 2 aromatic heterocycles. The maximum atomic E-state index is 4.16. The van der Waals surface area contributed by atoms with Crippen molar-refractivity contribution in [1.82, 2.24) is 19.8 Å². The molecular weight excluding hydrogens is 140 g/mol. The first-order chi connectivity index (χ1) is 5.18. The maximum Gasteiger partial charge on any atom is 0.184 e. The van der Waals surface area contributed by atoms with Crippen LogP contribution in [0.2, 0.25) is 0 Å². The predicted molar refractivity (Wildman–Crippen MR) is 41.0 cm³/mol. The van der Waals surface area contributed by atoms with Crippen LogP contribution >= 0.6 is 0 Å². The molecule has 0 saturated heterocycles. The van der Waals surface area contributed by atoms with Gasteiger partial charge in [-0.2, -0.15) is 5.10 Å². The van der Waals surface area contributed by atoms with Gasteiger partial charge in [0, 0.05) is 5.22 Å². The first-order valence-electron chi connectivity index (χ1n) is 3.37. The highest BCUT2D eigenvalue weighted by molar-refractivity contribution is 5.42. The summed E-state index contributed by atoms with van der Waals surface area (Å²) in [6.45, 7) is 7.57. The number of rotatable bonds is 0. The highest BCUT2D eigenvalue weighted by atomic mass is 15.5. The Morgan fingerprint density at radius 3 is 2.64 bits per heavy atom. The summed E-state index contributed by atoms with van der Waals surface area (Å²) in [4.78, 5) is 4.16. The van der Waals surface area contributed by atoms with Gasteiger partial charge in [0.2, 0.25) is 0 Å². The van der Waals surface area contributed by atoms with Crippen molar-refractivity contribution >= 4 is 12.2 Å². The molecule has 0 atom stereocenters. The maximum absolute atomic E-state index is 4.16. The van der Waals surface area contributed by atoms with Crippen LogP contribution in [-0.4, -0.2) is 19.8 Å². The monoisotopic (exact) mass is 148 g/mol. The number of aromatic nitrogens is 4. The van der Waals surface area contributed by atoms with Crippen LogP contribution < -0.4 is 5.22 Å². The van der Waals surface area contributed by atoms with Crippen LogP contribution in [0.25, 0.3) is 12.2 Å². The van der Waals surface area contributed by atoms with Crippen LogP contribution in [0.15, 0.2) is 0 Å². The number of hydrogen-bond acceptors (Lipinski definition) is 3. The molecule has 2 heterocycles. The zero-order chi connectivity index (χ0) is 8.01.